The summed E-state index contributed by atoms with van der Waals surface area (Å²) < 4.78 is 0. The first-order valence-electron chi connectivity index (χ1n) is 7.30. The first kappa shape index (κ1) is 14.0. The molecular formula is C15H30O. The maximum Gasteiger partial charge on any atom is 0.0648 e. The molecule has 1 fully saturated rings. The van der Waals surface area contributed by atoms with E-state index in [-0.39, 0.29) is 5.60 Å². The van der Waals surface area contributed by atoms with E-state index in [2.05, 4.69) is 20.8 Å². The Morgan fingerprint density at radius 3 is 2.56 bits per heavy atom. The summed E-state index contributed by atoms with van der Waals surface area (Å²) in [7, 11) is 0. The van der Waals surface area contributed by atoms with Crippen molar-refractivity contribution in [2.24, 2.45) is 11.8 Å². The Kier molecular flexibility index (Phi) is 5.82. The van der Waals surface area contributed by atoms with Gasteiger partial charge < -0.3 is 5.11 Å². The van der Waals surface area contributed by atoms with Gasteiger partial charge >= 0.3 is 0 Å². The van der Waals surface area contributed by atoms with Crippen LogP contribution in [0.15, 0.2) is 0 Å². The van der Waals surface area contributed by atoms with E-state index >= 15 is 0 Å². The summed E-state index contributed by atoms with van der Waals surface area (Å²) in [4.78, 5) is 0. The van der Waals surface area contributed by atoms with Gasteiger partial charge in [0.2, 0.25) is 0 Å². The van der Waals surface area contributed by atoms with Gasteiger partial charge in [-0.1, -0.05) is 52.9 Å². The summed E-state index contributed by atoms with van der Waals surface area (Å²) in [6.07, 6.45) is 10.6. The van der Waals surface area contributed by atoms with Gasteiger partial charge in [0.1, 0.15) is 0 Å². The van der Waals surface area contributed by atoms with Crippen molar-refractivity contribution >= 4 is 0 Å². The lowest BCUT2D eigenvalue weighted by Gasteiger charge is -2.27. The van der Waals surface area contributed by atoms with Gasteiger partial charge in [-0.3, -0.25) is 0 Å². The van der Waals surface area contributed by atoms with Crippen molar-refractivity contribution in [3.05, 3.63) is 0 Å². The Bertz CT molecular complexity index is 188. The van der Waals surface area contributed by atoms with Crippen molar-refractivity contribution in [1.82, 2.24) is 0 Å². The van der Waals surface area contributed by atoms with Gasteiger partial charge in [0.05, 0.1) is 5.60 Å². The summed E-state index contributed by atoms with van der Waals surface area (Å²) in [6, 6.07) is 0. The number of hydrogen-bond donors (Lipinski definition) is 1. The third-order valence-corrected chi connectivity index (χ3v) is 4.39. The molecule has 1 heteroatoms. The molecule has 1 aliphatic carbocycles. The van der Waals surface area contributed by atoms with E-state index in [9.17, 15) is 5.11 Å². The second kappa shape index (κ2) is 6.64. The molecule has 0 saturated heterocycles. The van der Waals surface area contributed by atoms with E-state index in [1.807, 2.05) is 0 Å². The van der Waals surface area contributed by atoms with Gasteiger partial charge in [0, 0.05) is 0 Å². The topological polar surface area (TPSA) is 20.2 Å². The summed E-state index contributed by atoms with van der Waals surface area (Å²) in [5, 5.41) is 10.6. The minimum absolute atomic E-state index is 0.321. The van der Waals surface area contributed by atoms with Crippen LogP contribution in [-0.4, -0.2) is 10.7 Å². The SMILES string of the molecule is CCCCCC1(O)CCCC(C(C)C)CC1. The Morgan fingerprint density at radius 2 is 1.94 bits per heavy atom. The van der Waals surface area contributed by atoms with Gasteiger partial charge in [-0.15, -0.1) is 0 Å². The summed E-state index contributed by atoms with van der Waals surface area (Å²) >= 11 is 0. The standard InChI is InChI=1S/C15H30O/c1-4-5-6-10-15(16)11-7-8-14(9-12-15)13(2)3/h13-14,16H,4-12H2,1-3H3. The molecular weight excluding hydrogens is 196 g/mol. The van der Waals surface area contributed by atoms with Crippen molar-refractivity contribution in [2.75, 3.05) is 0 Å². The number of aliphatic hydroxyl groups is 1. The van der Waals surface area contributed by atoms with Crippen LogP contribution in [0.2, 0.25) is 0 Å². The third kappa shape index (κ3) is 4.45. The van der Waals surface area contributed by atoms with Crippen molar-refractivity contribution in [3.8, 4) is 0 Å². The van der Waals surface area contributed by atoms with Crippen LogP contribution < -0.4 is 0 Å². The molecule has 0 spiro atoms. The smallest absolute Gasteiger partial charge is 0.0648 e. The maximum atomic E-state index is 10.6. The van der Waals surface area contributed by atoms with E-state index in [4.69, 9.17) is 0 Å². The Hall–Kier alpha value is -0.0400. The molecule has 1 nitrogen and oxygen atoms in total. The highest BCUT2D eigenvalue weighted by molar-refractivity contribution is 4.83. The zero-order valence-corrected chi connectivity index (χ0v) is 11.5. The zero-order valence-electron chi connectivity index (χ0n) is 11.5. The quantitative estimate of drug-likeness (QED) is 0.539. The zero-order chi connectivity index (χ0) is 12.0. The van der Waals surface area contributed by atoms with Crippen LogP contribution in [0.3, 0.4) is 0 Å². The number of hydrogen-bond acceptors (Lipinski definition) is 1. The molecule has 0 aromatic rings. The summed E-state index contributed by atoms with van der Waals surface area (Å²) in [5.41, 5.74) is -0.321. The molecule has 0 bridgehead atoms. The lowest BCUT2D eigenvalue weighted by atomic mass is 9.86. The van der Waals surface area contributed by atoms with Crippen LogP contribution in [0.25, 0.3) is 0 Å². The van der Waals surface area contributed by atoms with Gasteiger partial charge in [-0.05, 0) is 37.5 Å². The highest BCUT2D eigenvalue weighted by Gasteiger charge is 2.30. The highest BCUT2D eigenvalue weighted by atomic mass is 16.3. The second-order valence-electron chi connectivity index (χ2n) is 6.12. The third-order valence-electron chi connectivity index (χ3n) is 4.39. The van der Waals surface area contributed by atoms with E-state index in [1.165, 1.54) is 38.5 Å². The van der Waals surface area contributed by atoms with Crippen molar-refractivity contribution in [2.45, 2.75) is 84.2 Å². The van der Waals surface area contributed by atoms with Crippen LogP contribution in [0.5, 0.6) is 0 Å². The molecule has 96 valence electrons. The van der Waals surface area contributed by atoms with Crippen molar-refractivity contribution in [3.63, 3.8) is 0 Å². The largest absolute Gasteiger partial charge is 0.390 e. The molecule has 0 aromatic carbocycles. The molecule has 1 N–H and O–H groups in total. The van der Waals surface area contributed by atoms with E-state index < -0.39 is 0 Å². The first-order valence-corrected chi connectivity index (χ1v) is 7.30. The monoisotopic (exact) mass is 226 g/mol. The molecule has 2 atom stereocenters. The molecule has 0 amide bonds. The summed E-state index contributed by atoms with van der Waals surface area (Å²) in [5.74, 6) is 1.64. The Labute approximate surface area is 102 Å². The molecule has 0 heterocycles. The van der Waals surface area contributed by atoms with E-state index in [0.29, 0.717) is 0 Å². The average molecular weight is 226 g/mol. The second-order valence-corrected chi connectivity index (χ2v) is 6.12. The van der Waals surface area contributed by atoms with Gasteiger partial charge in [0.15, 0.2) is 0 Å². The molecule has 0 aromatic heterocycles. The predicted molar refractivity (Wildman–Crippen MR) is 70.5 cm³/mol. The van der Waals surface area contributed by atoms with Gasteiger partial charge in [0.25, 0.3) is 0 Å². The molecule has 0 radical (unpaired) electrons. The molecule has 1 saturated carbocycles. The van der Waals surface area contributed by atoms with E-state index in [0.717, 1.165) is 31.1 Å². The van der Waals surface area contributed by atoms with E-state index in [1.54, 1.807) is 0 Å². The van der Waals surface area contributed by atoms with Crippen LogP contribution in [0.1, 0.15) is 78.6 Å². The first-order chi connectivity index (χ1) is 7.57. The van der Waals surface area contributed by atoms with Crippen LogP contribution in [0.4, 0.5) is 0 Å². The van der Waals surface area contributed by atoms with Gasteiger partial charge in [-0.25, -0.2) is 0 Å². The molecule has 16 heavy (non-hydrogen) atoms. The lowest BCUT2D eigenvalue weighted by molar-refractivity contribution is 0.0126. The predicted octanol–water partition coefficient (Wildman–Crippen LogP) is 4.53. The Balaban J connectivity index is 2.38. The molecule has 2 unspecified atom stereocenters. The number of rotatable bonds is 5. The minimum atomic E-state index is -0.321. The fraction of sp³-hybridized carbons (Fsp3) is 1.00. The van der Waals surface area contributed by atoms with Crippen molar-refractivity contribution < 1.29 is 5.11 Å². The number of unbranched alkanes of at least 4 members (excludes halogenated alkanes) is 2. The maximum absolute atomic E-state index is 10.6. The average Bonchev–Trinajstić information content (AvgIpc) is 2.41. The molecule has 1 aliphatic rings. The molecule has 1 rings (SSSR count). The van der Waals surface area contributed by atoms with Crippen LogP contribution in [0, 0.1) is 11.8 Å². The van der Waals surface area contributed by atoms with Crippen LogP contribution >= 0.6 is 0 Å². The fourth-order valence-corrected chi connectivity index (χ4v) is 3.04. The van der Waals surface area contributed by atoms with Gasteiger partial charge in [-0.2, -0.15) is 0 Å². The Morgan fingerprint density at radius 1 is 1.19 bits per heavy atom. The lowest BCUT2D eigenvalue weighted by Crippen LogP contribution is -2.27. The van der Waals surface area contributed by atoms with Crippen molar-refractivity contribution in [1.29, 1.82) is 0 Å². The summed E-state index contributed by atoms with van der Waals surface area (Å²) in [6.45, 7) is 6.88. The minimum Gasteiger partial charge on any atom is -0.390 e. The fourth-order valence-electron chi connectivity index (χ4n) is 3.04. The highest BCUT2D eigenvalue weighted by Crippen LogP contribution is 2.36. The molecule has 0 aliphatic heterocycles. The van der Waals surface area contributed by atoms with Crippen LogP contribution in [-0.2, 0) is 0 Å². The normalized spacial score (nSPS) is 31.7.